The van der Waals surface area contributed by atoms with Gasteiger partial charge in [-0.15, -0.1) is 11.3 Å². The highest BCUT2D eigenvalue weighted by atomic mass is 32.1. The van der Waals surface area contributed by atoms with Crippen LogP contribution >= 0.6 is 11.3 Å². The van der Waals surface area contributed by atoms with Gasteiger partial charge in [0.15, 0.2) is 0 Å². The lowest BCUT2D eigenvalue weighted by Gasteiger charge is -2.44. The zero-order valence-corrected chi connectivity index (χ0v) is 26.9. The lowest BCUT2D eigenvalue weighted by atomic mass is 9.33. The van der Waals surface area contributed by atoms with Gasteiger partial charge in [-0.05, 0) is 76.0 Å². The van der Waals surface area contributed by atoms with Crippen molar-refractivity contribution in [3.8, 4) is 20.9 Å². The maximum atomic E-state index is 2.47. The zero-order valence-electron chi connectivity index (χ0n) is 26.1. The molecule has 48 heavy (non-hydrogen) atoms. The Bertz CT molecular complexity index is 2470. The summed E-state index contributed by atoms with van der Waals surface area (Å²) < 4.78 is 0. The van der Waals surface area contributed by atoms with Crippen molar-refractivity contribution in [3.05, 3.63) is 176 Å². The van der Waals surface area contributed by atoms with E-state index >= 15 is 0 Å². The maximum absolute atomic E-state index is 2.47. The molecule has 4 heteroatoms. The van der Waals surface area contributed by atoms with E-state index in [2.05, 4.69) is 186 Å². The van der Waals surface area contributed by atoms with Crippen molar-refractivity contribution >= 4 is 79.3 Å². The van der Waals surface area contributed by atoms with Crippen LogP contribution < -0.4 is 26.2 Å². The number of rotatable bonds is 4. The second-order valence-electron chi connectivity index (χ2n) is 12.5. The first-order valence-electron chi connectivity index (χ1n) is 16.5. The molecule has 0 saturated heterocycles. The third kappa shape index (κ3) is 4.06. The highest BCUT2D eigenvalue weighted by Gasteiger charge is 2.42. The summed E-state index contributed by atoms with van der Waals surface area (Å²) in [6.07, 6.45) is 0. The van der Waals surface area contributed by atoms with E-state index in [9.17, 15) is 0 Å². The Hall–Kier alpha value is -5.84. The van der Waals surface area contributed by atoms with Crippen molar-refractivity contribution in [1.82, 2.24) is 0 Å². The predicted molar refractivity (Wildman–Crippen MR) is 207 cm³/mol. The molecule has 0 spiro atoms. The fraction of sp³-hybridized carbons (Fsp3) is 0. The van der Waals surface area contributed by atoms with Crippen LogP contribution in [0.2, 0.25) is 0 Å². The van der Waals surface area contributed by atoms with Crippen molar-refractivity contribution < 1.29 is 0 Å². The van der Waals surface area contributed by atoms with Crippen LogP contribution in [0.15, 0.2) is 176 Å². The van der Waals surface area contributed by atoms with Crippen molar-refractivity contribution in [1.29, 1.82) is 0 Å². The summed E-state index contributed by atoms with van der Waals surface area (Å²) in [7, 11) is 0. The van der Waals surface area contributed by atoms with Crippen LogP contribution in [0.4, 0.5) is 34.1 Å². The fourth-order valence-corrected chi connectivity index (χ4v) is 9.13. The fourth-order valence-electron chi connectivity index (χ4n) is 7.84. The molecule has 2 nitrogen and oxygen atoms in total. The Morgan fingerprint density at radius 2 is 0.792 bits per heavy atom. The molecular formula is C44H29BN2S. The third-order valence-electron chi connectivity index (χ3n) is 9.87. The molecule has 7 aromatic carbocycles. The van der Waals surface area contributed by atoms with Gasteiger partial charge in [0.25, 0.3) is 6.71 Å². The van der Waals surface area contributed by atoms with E-state index in [0.717, 1.165) is 5.69 Å². The molecule has 0 saturated carbocycles. The van der Waals surface area contributed by atoms with Gasteiger partial charge in [0.1, 0.15) is 0 Å². The summed E-state index contributed by atoms with van der Waals surface area (Å²) in [5.74, 6) is 0. The summed E-state index contributed by atoms with van der Waals surface area (Å²) in [4.78, 5) is 7.53. The number of benzene rings is 7. The van der Waals surface area contributed by atoms with E-state index in [0.29, 0.717) is 0 Å². The molecule has 0 fully saturated rings. The van der Waals surface area contributed by atoms with E-state index in [1.807, 2.05) is 11.3 Å². The SMILES string of the molecule is c1ccc(-c2sc(-c3ccc(N4c5ccccc5B5c6ccccc6N(c6ccccc6)c6cccc4c65)cc3)c3ccccc23)cc1. The first-order valence-corrected chi connectivity index (χ1v) is 17.3. The number of para-hydroxylation sites is 3. The smallest absolute Gasteiger partial charge is 0.252 e. The molecular weight excluding hydrogens is 599 g/mol. The van der Waals surface area contributed by atoms with Crippen LogP contribution in [0.5, 0.6) is 0 Å². The second-order valence-corrected chi connectivity index (χ2v) is 13.5. The Balaban J connectivity index is 1.14. The zero-order chi connectivity index (χ0) is 31.6. The van der Waals surface area contributed by atoms with E-state index in [4.69, 9.17) is 0 Å². The molecule has 0 bridgehead atoms. The minimum Gasteiger partial charge on any atom is -0.311 e. The van der Waals surface area contributed by atoms with E-state index < -0.39 is 0 Å². The second kappa shape index (κ2) is 10.9. The van der Waals surface area contributed by atoms with Crippen molar-refractivity contribution in [2.45, 2.75) is 0 Å². The Morgan fingerprint density at radius 3 is 1.38 bits per heavy atom. The van der Waals surface area contributed by atoms with E-state index in [1.165, 1.54) is 76.5 Å². The number of anilines is 6. The molecule has 3 heterocycles. The van der Waals surface area contributed by atoms with Crippen LogP contribution in [0.1, 0.15) is 0 Å². The highest BCUT2D eigenvalue weighted by molar-refractivity contribution is 7.21. The molecule has 2 aliphatic heterocycles. The van der Waals surface area contributed by atoms with Crippen LogP contribution in [0.3, 0.4) is 0 Å². The standard InChI is InChI=1S/C44H29BN2S/c1-3-14-30(15-4-1)43-34-18-7-8-19-35(34)44(48-43)31-26-28-33(29-27-31)47-39-23-12-10-21-37(39)45-36-20-9-11-22-38(36)46(32-16-5-2-6-17-32)40-24-13-25-41(47)42(40)45/h1-29H. The molecule has 10 rings (SSSR count). The van der Waals surface area contributed by atoms with Crippen molar-refractivity contribution in [2.75, 3.05) is 9.80 Å². The van der Waals surface area contributed by atoms with Gasteiger partial charge < -0.3 is 9.80 Å². The molecule has 8 aromatic rings. The van der Waals surface area contributed by atoms with Gasteiger partial charge in [-0.3, -0.25) is 0 Å². The van der Waals surface area contributed by atoms with Gasteiger partial charge >= 0.3 is 0 Å². The number of hydrogen-bond donors (Lipinski definition) is 0. The molecule has 0 atom stereocenters. The van der Waals surface area contributed by atoms with Crippen molar-refractivity contribution in [2.24, 2.45) is 0 Å². The third-order valence-corrected chi connectivity index (χ3v) is 11.2. The van der Waals surface area contributed by atoms with Crippen LogP contribution in [0, 0.1) is 0 Å². The summed E-state index contributed by atoms with van der Waals surface area (Å²) in [5, 5.41) is 2.61. The Labute approximate surface area is 284 Å². The van der Waals surface area contributed by atoms with Gasteiger partial charge in [-0.25, -0.2) is 0 Å². The quantitative estimate of drug-likeness (QED) is 0.179. The predicted octanol–water partition coefficient (Wildman–Crippen LogP) is 10.3. The summed E-state index contributed by atoms with van der Waals surface area (Å²) in [6.45, 7) is 0.146. The average Bonchev–Trinajstić information content (AvgIpc) is 3.55. The van der Waals surface area contributed by atoms with Crippen LogP contribution in [0.25, 0.3) is 31.7 Å². The van der Waals surface area contributed by atoms with E-state index in [-0.39, 0.29) is 6.71 Å². The normalized spacial score (nSPS) is 12.9. The summed E-state index contributed by atoms with van der Waals surface area (Å²) >= 11 is 1.88. The molecule has 0 unspecified atom stereocenters. The molecule has 0 aliphatic carbocycles. The number of thiophene rings is 1. The average molecular weight is 629 g/mol. The van der Waals surface area contributed by atoms with Crippen LogP contribution in [-0.2, 0) is 0 Å². The largest absolute Gasteiger partial charge is 0.311 e. The van der Waals surface area contributed by atoms with Gasteiger partial charge in [0.2, 0.25) is 0 Å². The van der Waals surface area contributed by atoms with Gasteiger partial charge in [0.05, 0.1) is 0 Å². The topological polar surface area (TPSA) is 6.48 Å². The Kier molecular flexibility index (Phi) is 6.18. The minimum absolute atomic E-state index is 0.146. The van der Waals surface area contributed by atoms with Gasteiger partial charge in [-0.2, -0.15) is 0 Å². The molecule has 0 radical (unpaired) electrons. The summed E-state index contributed by atoms with van der Waals surface area (Å²) in [6, 6.07) is 64.2. The lowest BCUT2D eigenvalue weighted by molar-refractivity contribution is 1.25. The van der Waals surface area contributed by atoms with E-state index in [1.54, 1.807) is 0 Å². The minimum atomic E-state index is 0.146. The van der Waals surface area contributed by atoms with Gasteiger partial charge in [0, 0.05) is 54.7 Å². The molecule has 1 aromatic heterocycles. The molecule has 224 valence electrons. The molecule has 0 N–H and O–H groups in total. The first-order chi connectivity index (χ1) is 23.8. The number of fused-ring (bicyclic) bond motifs is 5. The lowest BCUT2D eigenvalue weighted by Crippen LogP contribution is -2.61. The molecule has 2 aliphatic rings. The van der Waals surface area contributed by atoms with Crippen molar-refractivity contribution in [3.63, 3.8) is 0 Å². The first kappa shape index (κ1) is 27.3. The van der Waals surface area contributed by atoms with Crippen LogP contribution in [-0.4, -0.2) is 6.71 Å². The van der Waals surface area contributed by atoms with Gasteiger partial charge in [-0.1, -0.05) is 127 Å². The number of hydrogen-bond acceptors (Lipinski definition) is 3. The summed E-state index contributed by atoms with van der Waals surface area (Å²) in [5.41, 5.74) is 13.8. The maximum Gasteiger partial charge on any atom is 0.252 e. The molecule has 0 amide bonds. The Morgan fingerprint density at radius 1 is 0.354 bits per heavy atom. The highest BCUT2D eigenvalue weighted by Crippen LogP contribution is 2.46. The monoisotopic (exact) mass is 628 g/mol. The number of nitrogens with zero attached hydrogens (tertiary/aromatic N) is 2.